The Hall–Kier alpha value is -3.20. The maximum atomic E-state index is 13.1. The van der Waals surface area contributed by atoms with Gasteiger partial charge in [0, 0.05) is 17.4 Å². The normalized spacial score (nSPS) is 14.9. The number of rotatable bonds is 6. The molecule has 3 N–H and O–H groups in total. The number of quaternary nitrogens is 1. The Morgan fingerprint density at radius 2 is 1.50 bits per heavy atom. The number of amides is 2. The molecule has 0 radical (unpaired) electrons. The zero-order valence-electron chi connectivity index (χ0n) is 17.2. The molecule has 1 aliphatic rings. The average molecular weight is 420 g/mol. The van der Waals surface area contributed by atoms with Gasteiger partial charge in [-0.15, -0.1) is 8.78 Å². The van der Waals surface area contributed by atoms with Crippen LogP contribution in [0.4, 0.5) is 20.2 Å². The number of hydrogen-bond donors (Lipinski definition) is 3. The van der Waals surface area contributed by atoms with Gasteiger partial charge in [-0.3, -0.25) is 9.59 Å². The van der Waals surface area contributed by atoms with E-state index in [2.05, 4.69) is 20.1 Å². The first-order valence-electron chi connectivity index (χ1n) is 9.41. The van der Waals surface area contributed by atoms with Crippen LogP contribution in [0.1, 0.15) is 16.7 Å². The number of ether oxygens (including phenoxy) is 2. The summed E-state index contributed by atoms with van der Waals surface area (Å²) in [7, 11) is 1.72. The topological polar surface area (TPSA) is 81.1 Å². The number of anilines is 2. The molecule has 30 heavy (non-hydrogen) atoms. The molecule has 0 fully saturated rings. The number of benzene rings is 2. The molecule has 0 spiro atoms. The number of likely N-dealkylation sites (N-methyl/N-ethyl adjacent to an activating group) is 1. The number of halogens is 2. The molecule has 1 atom stereocenters. The summed E-state index contributed by atoms with van der Waals surface area (Å²) in [6, 6.07) is 7.98. The summed E-state index contributed by atoms with van der Waals surface area (Å²) < 4.78 is 34.8. The van der Waals surface area contributed by atoms with E-state index in [0.29, 0.717) is 10.6 Å². The summed E-state index contributed by atoms with van der Waals surface area (Å²) in [5, 5.41) is 5.51. The van der Waals surface area contributed by atoms with Crippen LogP contribution in [0.2, 0.25) is 0 Å². The monoisotopic (exact) mass is 420 g/mol. The van der Waals surface area contributed by atoms with Gasteiger partial charge in [-0.2, -0.15) is 0 Å². The largest absolute Gasteiger partial charge is 0.586 e. The van der Waals surface area contributed by atoms with Gasteiger partial charge in [-0.05, 0) is 44.0 Å². The smallest absolute Gasteiger partial charge is 0.395 e. The molecule has 2 aromatic carbocycles. The molecule has 1 unspecified atom stereocenters. The molecule has 7 nitrogen and oxygen atoms in total. The van der Waals surface area contributed by atoms with Gasteiger partial charge in [-0.1, -0.05) is 17.7 Å². The first-order valence-corrected chi connectivity index (χ1v) is 9.41. The van der Waals surface area contributed by atoms with Crippen molar-refractivity contribution in [3.63, 3.8) is 0 Å². The minimum atomic E-state index is -3.71. The Morgan fingerprint density at radius 1 is 0.933 bits per heavy atom. The molecule has 1 heterocycles. The van der Waals surface area contributed by atoms with Gasteiger partial charge in [0.15, 0.2) is 24.6 Å². The fourth-order valence-corrected chi connectivity index (χ4v) is 3.40. The molecule has 2 aromatic rings. The van der Waals surface area contributed by atoms with E-state index in [4.69, 9.17) is 0 Å². The first kappa shape index (κ1) is 21.5. The second-order valence-electron chi connectivity index (χ2n) is 7.51. The Bertz CT molecular complexity index is 971. The van der Waals surface area contributed by atoms with Gasteiger partial charge in [0.05, 0.1) is 7.05 Å². The molecule has 0 aliphatic carbocycles. The molecule has 0 saturated carbocycles. The summed E-state index contributed by atoms with van der Waals surface area (Å²) in [6.45, 7) is 5.97. The fourth-order valence-electron chi connectivity index (χ4n) is 3.40. The van der Waals surface area contributed by atoms with Crippen LogP contribution in [-0.2, 0) is 9.59 Å². The third kappa shape index (κ3) is 5.24. The lowest BCUT2D eigenvalue weighted by Gasteiger charge is -2.16. The number of carbonyl (C=O) groups is 2. The molecule has 3 rings (SSSR count). The van der Waals surface area contributed by atoms with Crippen LogP contribution in [-0.4, -0.2) is 38.2 Å². The minimum Gasteiger partial charge on any atom is -0.395 e. The van der Waals surface area contributed by atoms with Crippen LogP contribution in [0.5, 0.6) is 11.5 Å². The van der Waals surface area contributed by atoms with E-state index < -0.39 is 6.29 Å². The molecule has 0 aromatic heterocycles. The molecule has 1 aliphatic heterocycles. The maximum Gasteiger partial charge on any atom is 0.586 e. The lowest BCUT2D eigenvalue weighted by Crippen LogP contribution is -3.11. The summed E-state index contributed by atoms with van der Waals surface area (Å²) in [5.41, 5.74) is 4.15. The quantitative estimate of drug-likeness (QED) is 0.668. The predicted octanol–water partition coefficient (Wildman–Crippen LogP) is 2.03. The SMILES string of the molecule is Cc1cc(C)c(NC(=O)C[NH+](C)CC(=O)Nc2ccc3c(c2)OC(F)(F)O3)c(C)c1. The minimum absolute atomic E-state index is 0.0177. The van der Waals surface area contributed by atoms with Crippen molar-refractivity contribution in [1.82, 2.24) is 0 Å². The molecule has 0 saturated heterocycles. The Kier molecular flexibility index (Phi) is 5.93. The standard InChI is InChI=1S/C21H23F2N3O4/c1-12-7-13(2)20(14(3)8-12)25-19(28)11-26(4)10-18(27)24-15-5-6-16-17(9-15)30-21(22,23)29-16/h5-9H,10-11H2,1-4H3,(H,24,27)(H,25,28)/p+1. The van der Waals surface area contributed by atoms with Crippen LogP contribution >= 0.6 is 0 Å². The summed E-state index contributed by atoms with van der Waals surface area (Å²) >= 11 is 0. The van der Waals surface area contributed by atoms with E-state index in [0.717, 1.165) is 22.4 Å². The number of alkyl halides is 2. The van der Waals surface area contributed by atoms with E-state index in [1.165, 1.54) is 18.2 Å². The van der Waals surface area contributed by atoms with E-state index in [1.807, 2.05) is 32.9 Å². The number of fused-ring (bicyclic) bond motifs is 1. The fraction of sp³-hybridized carbons (Fsp3) is 0.333. The lowest BCUT2D eigenvalue weighted by atomic mass is 10.1. The first-order chi connectivity index (χ1) is 14.0. The van der Waals surface area contributed by atoms with Crippen LogP contribution in [0.3, 0.4) is 0 Å². The summed E-state index contributed by atoms with van der Waals surface area (Å²) in [5.74, 6) is -0.824. The molecular weight excluding hydrogens is 396 g/mol. The van der Waals surface area contributed by atoms with Gasteiger partial charge >= 0.3 is 6.29 Å². The zero-order chi connectivity index (χ0) is 22.1. The van der Waals surface area contributed by atoms with E-state index >= 15 is 0 Å². The highest BCUT2D eigenvalue weighted by molar-refractivity contribution is 5.94. The summed E-state index contributed by atoms with van der Waals surface area (Å²) in [6.07, 6.45) is -3.71. The second kappa shape index (κ2) is 8.27. The summed E-state index contributed by atoms with van der Waals surface area (Å²) in [4.78, 5) is 25.3. The van der Waals surface area contributed by atoms with E-state index in [1.54, 1.807) is 7.05 Å². The predicted molar refractivity (Wildman–Crippen MR) is 107 cm³/mol. The molecule has 2 amide bonds. The number of carbonyl (C=O) groups excluding carboxylic acids is 2. The van der Waals surface area contributed by atoms with Crippen molar-refractivity contribution in [2.75, 3.05) is 30.8 Å². The van der Waals surface area contributed by atoms with Crippen LogP contribution < -0.4 is 25.0 Å². The second-order valence-corrected chi connectivity index (χ2v) is 7.51. The van der Waals surface area contributed by atoms with Gasteiger partial charge in [0.1, 0.15) is 0 Å². The molecule has 160 valence electrons. The van der Waals surface area contributed by atoms with Crippen LogP contribution in [0.15, 0.2) is 30.3 Å². The molecular formula is C21H24F2N3O4+. The van der Waals surface area contributed by atoms with Gasteiger partial charge in [0.2, 0.25) is 0 Å². The van der Waals surface area contributed by atoms with Crippen LogP contribution in [0, 0.1) is 20.8 Å². The highest BCUT2D eigenvalue weighted by Crippen LogP contribution is 2.42. The third-order valence-corrected chi connectivity index (χ3v) is 4.55. The maximum absolute atomic E-state index is 13.1. The number of hydrogen-bond acceptors (Lipinski definition) is 4. The number of nitrogens with one attached hydrogen (secondary N) is 3. The Labute approximate surface area is 173 Å². The molecule has 9 heteroatoms. The van der Waals surface area contributed by atoms with Crippen molar-refractivity contribution in [2.24, 2.45) is 0 Å². The Balaban J connectivity index is 1.52. The van der Waals surface area contributed by atoms with Crippen molar-refractivity contribution >= 4 is 23.2 Å². The Morgan fingerprint density at radius 3 is 2.13 bits per heavy atom. The van der Waals surface area contributed by atoms with Crippen molar-refractivity contribution < 1.29 is 32.7 Å². The van der Waals surface area contributed by atoms with E-state index in [9.17, 15) is 18.4 Å². The zero-order valence-corrected chi connectivity index (χ0v) is 17.2. The van der Waals surface area contributed by atoms with Crippen molar-refractivity contribution in [3.05, 3.63) is 47.0 Å². The van der Waals surface area contributed by atoms with Gasteiger partial charge in [0.25, 0.3) is 11.8 Å². The average Bonchev–Trinajstić information content (AvgIpc) is 2.90. The number of aryl methyl sites for hydroxylation is 3. The highest BCUT2D eigenvalue weighted by Gasteiger charge is 2.43. The lowest BCUT2D eigenvalue weighted by molar-refractivity contribution is -0.862. The van der Waals surface area contributed by atoms with Gasteiger partial charge in [-0.25, -0.2) is 0 Å². The van der Waals surface area contributed by atoms with Crippen molar-refractivity contribution in [3.8, 4) is 11.5 Å². The van der Waals surface area contributed by atoms with Crippen LogP contribution in [0.25, 0.3) is 0 Å². The molecule has 0 bridgehead atoms. The van der Waals surface area contributed by atoms with Crippen molar-refractivity contribution in [1.29, 1.82) is 0 Å². The highest BCUT2D eigenvalue weighted by atomic mass is 19.3. The van der Waals surface area contributed by atoms with E-state index in [-0.39, 0.29) is 36.4 Å². The van der Waals surface area contributed by atoms with Gasteiger partial charge < -0.3 is 25.0 Å². The van der Waals surface area contributed by atoms with Crippen molar-refractivity contribution in [2.45, 2.75) is 27.1 Å². The third-order valence-electron chi connectivity index (χ3n) is 4.55.